The number of amides is 1. The zero-order valence-electron chi connectivity index (χ0n) is 10.9. The molecule has 0 radical (unpaired) electrons. The Morgan fingerprint density at radius 1 is 1.22 bits per heavy atom. The van der Waals surface area contributed by atoms with E-state index in [9.17, 15) is 13.2 Å². The van der Waals surface area contributed by atoms with Crippen LogP contribution in [-0.4, -0.2) is 26.3 Å². The van der Waals surface area contributed by atoms with Crippen molar-refractivity contribution in [2.75, 3.05) is 17.3 Å². The lowest BCUT2D eigenvalue weighted by Gasteiger charge is -2.08. The summed E-state index contributed by atoms with van der Waals surface area (Å²) in [6.45, 7) is 4.19. The minimum Gasteiger partial charge on any atom is -0.326 e. The maximum absolute atomic E-state index is 11.5. The van der Waals surface area contributed by atoms with Gasteiger partial charge in [0.05, 0.1) is 5.75 Å². The fraction of sp³-hybridized carbons (Fsp3) is 0.462. The summed E-state index contributed by atoms with van der Waals surface area (Å²) in [6, 6.07) is 7.56. The zero-order chi connectivity index (χ0) is 13.8. The van der Waals surface area contributed by atoms with Crippen LogP contribution < -0.4 is 5.32 Å². The predicted molar refractivity (Wildman–Crippen MR) is 73.5 cm³/mol. The van der Waals surface area contributed by atoms with Crippen LogP contribution >= 0.6 is 0 Å². The van der Waals surface area contributed by atoms with Gasteiger partial charge in [0, 0.05) is 18.4 Å². The van der Waals surface area contributed by atoms with Crippen LogP contribution in [0.3, 0.4) is 0 Å². The lowest BCUT2D eigenvalue weighted by Crippen LogP contribution is -2.16. The molecule has 0 bridgehead atoms. The summed E-state index contributed by atoms with van der Waals surface area (Å²) in [7, 11) is -3.09. The van der Waals surface area contributed by atoms with Gasteiger partial charge in [0.1, 0.15) is 9.84 Å². The smallest absolute Gasteiger partial charge is 0.225 e. The molecule has 100 valence electrons. The number of sulfone groups is 1. The molecule has 0 aliphatic rings. The molecule has 18 heavy (non-hydrogen) atoms. The Balaban J connectivity index is 2.55. The lowest BCUT2D eigenvalue weighted by atomic mass is 10.0. The SMILES string of the molecule is CC(C)c1ccc(NC(=O)CCS(C)(=O)=O)cc1. The topological polar surface area (TPSA) is 63.2 Å². The van der Waals surface area contributed by atoms with Gasteiger partial charge in [0.25, 0.3) is 0 Å². The number of benzene rings is 1. The molecule has 0 aliphatic carbocycles. The van der Waals surface area contributed by atoms with E-state index in [1.54, 1.807) is 0 Å². The minimum atomic E-state index is -3.09. The summed E-state index contributed by atoms with van der Waals surface area (Å²) in [6.07, 6.45) is 1.11. The quantitative estimate of drug-likeness (QED) is 0.891. The summed E-state index contributed by atoms with van der Waals surface area (Å²) in [4.78, 5) is 11.5. The highest BCUT2D eigenvalue weighted by Crippen LogP contribution is 2.17. The van der Waals surface area contributed by atoms with Crippen LogP contribution in [0.4, 0.5) is 5.69 Å². The molecule has 0 unspecified atom stereocenters. The number of rotatable bonds is 5. The van der Waals surface area contributed by atoms with Gasteiger partial charge in [-0.05, 0) is 23.6 Å². The van der Waals surface area contributed by atoms with Gasteiger partial charge >= 0.3 is 0 Å². The number of carbonyl (C=O) groups is 1. The Morgan fingerprint density at radius 2 is 1.78 bits per heavy atom. The van der Waals surface area contributed by atoms with Crippen LogP contribution in [0.25, 0.3) is 0 Å². The molecule has 0 aromatic heterocycles. The van der Waals surface area contributed by atoms with Crippen LogP contribution in [0.5, 0.6) is 0 Å². The van der Waals surface area contributed by atoms with Gasteiger partial charge in [-0.1, -0.05) is 26.0 Å². The van der Waals surface area contributed by atoms with Crippen molar-refractivity contribution in [1.82, 2.24) is 0 Å². The van der Waals surface area contributed by atoms with Crippen LogP contribution in [0.2, 0.25) is 0 Å². The molecule has 0 aliphatic heterocycles. The molecule has 1 aromatic carbocycles. The van der Waals surface area contributed by atoms with E-state index < -0.39 is 9.84 Å². The van der Waals surface area contributed by atoms with Crippen molar-refractivity contribution in [2.45, 2.75) is 26.2 Å². The van der Waals surface area contributed by atoms with Gasteiger partial charge in [-0.2, -0.15) is 0 Å². The molecule has 5 heteroatoms. The second-order valence-corrected chi connectivity index (χ2v) is 6.96. The molecule has 0 spiro atoms. The van der Waals surface area contributed by atoms with Crippen molar-refractivity contribution in [3.8, 4) is 0 Å². The summed E-state index contributed by atoms with van der Waals surface area (Å²) >= 11 is 0. The van der Waals surface area contributed by atoms with Gasteiger partial charge < -0.3 is 5.32 Å². The summed E-state index contributed by atoms with van der Waals surface area (Å²) in [5.74, 6) is 0.0424. The van der Waals surface area contributed by atoms with Gasteiger partial charge in [-0.25, -0.2) is 8.42 Å². The zero-order valence-corrected chi connectivity index (χ0v) is 11.8. The van der Waals surface area contributed by atoms with Crippen molar-refractivity contribution in [2.24, 2.45) is 0 Å². The number of hydrogen-bond acceptors (Lipinski definition) is 3. The second-order valence-electron chi connectivity index (χ2n) is 4.70. The Morgan fingerprint density at radius 3 is 2.22 bits per heavy atom. The molecule has 0 saturated carbocycles. The lowest BCUT2D eigenvalue weighted by molar-refractivity contribution is -0.115. The molecule has 1 amide bonds. The molecule has 1 aromatic rings. The Hall–Kier alpha value is -1.36. The number of anilines is 1. The van der Waals surface area contributed by atoms with Crippen molar-refractivity contribution >= 4 is 21.4 Å². The third-order valence-corrected chi connectivity index (χ3v) is 3.51. The van der Waals surface area contributed by atoms with E-state index in [1.165, 1.54) is 5.56 Å². The molecular formula is C13H19NO3S. The maximum atomic E-state index is 11.5. The first-order chi connectivity index (χ1) is 8.28. The van der Waals surface area contributed by atoms with Crippen LogP contribution in [-0.2, 0) is 14.6 Å². The van der Waals surface area contributed by atoms with Gasteiger partial charge in [-0.15, -0.1) is 0 Å². The standard InChI is InChI=1S/C13H19NO3S/c1-10(2)11-4-6-12(7-5-11)14-13(15)8-9-18(3,16)17/h4-7,10H,8-9H2,1-3H3,(H,14,15). The number of carbonyl (C=O) groups excluding carboxylic acids is 1. The summed E-state index contributed by atoms with van der Waals surface area (Å²) in [5, 5.41) is 2.68. The average Bonchev–Trinajstić information content (AvgIpc) is 2.26. The minimum absolute atomic E-state index is 0.00916. The molecule has 1 rings (SSSR count). The molecule has 0 heterocycles. The first-order valence-corrected chi connectivity index (χ1v) is 7.91. The van der Waals surface area contributed by atoms with Crippen LogP contribution in [0.1, 0.15) is 31.7 Å². The number of nitrogens with one attached hydrogen (secondary N) is 1. The van der Waals surface area contributed by atoms with Crippen molar-refractivity contribution in [3.63, 3.8) is 0 Å². The first kappa shape index (κ1) is 14.7. The summed E-state index contributed by atoms with van der Waals surface area (Å²) in [5.41, 5.74) is 1.89. The first-order valence-electron chi connectivity index (χ1n) is 5.85. The van der Waals surface area contributed by atoms with Crippen molar-refractivity contribution < 1.29 is 13.2 Å². The molecule has 0 fully saturated rings. The van der Waals surface area contributed by atoms with E-state index in [1.807, 2.05) is 24.3 Å². The van der Waals surface area contributed by atoms with Crippen LogP contribution in [0.15, 0.2) is 24.3 Å². The van der Waals surface area contributed by atoms with E-state index in [0.717, 1.165) is 6.26 Å². The molecular weight excluding hydrogens is 250 g/mol. The highest BCUT2D eigenvalue weighted by Gasteiger charge is 2.08. The van der Waals surface area contributed by atoms with Gasteiger partial charge in [0.2, 0.25) is 5.91 Å². The normalized spacial score (nSPS) is 11.6. The van der Waals surface area contributed by atoms with Crippen molar-refractivity contribution in [3.05, 3.63) is 29.8 Å². The highest BCUT2D eigenvalue weighted by atomic mass is 32.2. The van der Waals surface area contributed by atoms with E-state index in [2.05, 4.69) is 19.2 Å². The van der Waals surface area contributed by atoms with Crippen molar-refractivity contribution in [1.29, 1.82) is 0 Å². The highest BCUT2D eigenvalue weighted by molar-refractivity contribution is 7.90. The summed E-state index contributed by atoms with van der Waals surface area (Å²) < 4.78 is 21.9. The fourth-order valence-electron chi connectivity index (χ4n) is 1.45. The fourth-order valence-corrected chi connectivity index (χ4v) is 2.01. The third kappa shape index (κ3) is 5.31. The van der Waals surface area contributed by atoms with E-state index in [4.69, 9.17) is 0 Å². The Labute approximate surface area is 108 Å². The third-order valence-electron chi connectivity index (χ3n) is 2.56. The molecule has 0 saturated heterocycles. The average molecular weight is 269 g/mol. The molecule has 0 atom stereocenters. The van der Waals surface area contributed by atoms with E-state index >= 15 is 0 Å². The Bertz CT molecular complexity index is 504. The van der Waals surface area contributed by atoms with Crippen LogP contribution in [0, 0.1) is 0 Å². The second kappa shape index (κ2) is 6.00. The van der Waals surface area contributed by atoms with E-state index in [-0.39, 0.29) is 18.1 Å². The molecule has 1 N–H and O–H groups in total. The van der Waals surface area contributed by atoms with Gasteiger partial charge in [0.15, 0.2) is 0 Å². The Kier molecular flexibility index (Phi) is 4.90. The monoisotopic (exact) mass is 269 g/mol. The van der Waals surface area contributed by atoms with Gasteiger partial charge in [-0.3, -0.25) is 4.79 Å². The predicted octanol–water partition coefficient (Wildman–Crippen LogP) is 2.18. The maximum Gasteiger partial charge on any atom is 0.225 e. The van der Waals surface area contributed by atoms with E-state index in [0.29, 0.717) is 11.6 Å². The number of hydrogen-bond donors (Lipinski definition) is 1. The molecule has 4 nitrogen and oxygen atoms in total. The largest absolute Gasteiger partial charge is 0.326 e.